The first kappa shape index (κ1) is 13.4. The summed E-state index contributed by atoms with van der Waals surface area (Å²) >= 11 is 0. The van der Waals surface area contributed by atoms with E-state index in [1.54, 1.807) is 0 Å². The molecule has 3 rings (SSSR count). The van der Waals surface area contributed by atoms with Gasteiger partial charge in [-0.25, -0.2) is 0 Å². The molecule has 3 nitrogen and oxygen atoms in total. The zero-order chi connectivity index (χ0) is 13.9. The molecule has 2 N–H and O–H groups in total. The number of rotatable bonds is 2. The van der Waals surface area contributed by atoms with Crippen molar-refractivity contribution in [1.29, 1.82) is 0 Å². The minimum Gasteiger partial charge on any atom is -0.398 e. The van der Waals surface area contributed by atoms with Crippen molar-refractivity contribution in [2.75, 3.05) is 18.8 Å². The average molecular weight is 269 g/mol. The predicted octanol–water partition coefficient (Wildman–Crippen LogP) is 3.44. The van der Waals surface area contributed by atoms with Crippen LogP contribution >= 0.6 is 0 Å². The van der Waals surface area contributed by atoms with E-state index < -0.39 is 0 Å². The summed E-state index contributed by atoms with van der Waals surface area (Å²) < 4.78 is 0. The summed E-state index contributed by atoms with van der Waals surface area (Å²) in [7, 11) is 0. The zero-order valence-electron chi connectivity index (χ0n) is 12.2. The Kier molecular flexibility index (Phi) is 3.88. The highest BCUT2D eigenvalue weighted by molar-refractivity contribution is 5.90. The van der Waals surface area contributed by atoms with Crippen molar-refractivity contribution in [3.8, 4) is 0 Å². The van der Waals surface area contributed by atoms with Crippen LogP contribution in [0.15, 0.2) is 30.3 Å². The molecule has 0 spiro atoms. The van der Waals surface area contributed by atoms with Gasteiger partial charge in [-0.1, -0.05) is 25.1 Å². The third-order valence-electron chi connectivity index (χ3n) is 4.30. The second kappa shape index (κ2) is 5.80. The normalized spacial score (nSPS) is 20.9. The lowest BCUT2D eigenvalue weighted by molar-refractivity contribution is 0.271. The standard InChI is InChI=1S/C17H23N3/c1-13-5-4-9-20(10-8-13)12-14-11-16(18)15-6-2-3-7-17(15)19-14/h2-3,6-7,11,13H,4-5,8-10,12H2,1H3,(H2,18,19). The Morgan fingerprint density at radius 1 is 1.25 bits per heavy atom. The largest absolute Gasteiger partial charge is 0.398 e. The number of pyridine rings is 1. The molecule has 2 aromatic rings. The van der Waals surface area contributed by atoms with E-state index >= 15 is 0 Å². The van der Waals surface area contributed by atoms with Crippen molar-refractivity contribution in [1.82, 2.24) is 9.88 Å². The molecule has 0 radical (unpaired) electrons. The molecule has 1 fully saturated rings. The van der Waals surface area contributed by atoms with Crippen LogP contribution in [-0.4, -0.2) is 23.0 Å². The molecule has 1 aliphatic rings. The van der Waals surface area contributed by atoms with Gasteiger partial charge in [0, 0.05) is 17.6 Å². The Bertz CT molecular complexity index is 594. The fourth-order valence-electron chi connectivity index (χ4n) is 3.05. The fourth-order valence-corrected chi connectivity index (χ4v) is 3.05. The first-order valence-electron chi connectivity index (χ1n) is 7.59. The van der Waals surface area contributed by atoms with Gasteiger partial charge in [-0.3, -0.25) is 9.88 Å². The maximum absolute atomic E-state index is 6.16. The number of aromatic nitrogens is 1. The monoisotopic (exact) mass is 269 g/mol. The molecule has 0 amide bonds. The Morgan fingerprint density at radius 3 is 3.00 bits per heavy atom. The van der Waals surface area contributed by atoms with E-state index in [4.69, 9.17) is 10.7 Å². The first-order chi connectivity index (χ1) is 9.72. The van der Waals surface area contributed by atoms with Crippen LogP contribution < -0.4 is 5.73 Å². The van der Waals surface area contributed by atoms with E-state index in [0.29, 0.717) is 0 Å². The number of nitrogen functional groups attached to an aromatic ring is 1. The van der Waals surface area contributed by atoms with Crippen LogP contribution in [0.1, 0.15) is 31.9 Å². The number of nitrogens with zero attached hydrogens (tertiary/aromatic N) is 2. The van der Waals surface area contributed by atoms with Gasteiger partial charge in [-0.05, 0) is 50.4 Å². The number of nitrogens with two attached hydrogens (primary N) is 1. The molecule has 1 unspecified atom stereocenters. The third-order valence-corrected chi connectivity index (χ3v) is 4.30. The van der Waals surface area contributed by atoms with E-state index in [9.17, 15) is 0 Å². The van der Waals surface area contributed by atoms with E-state index in [2.05, 4.69) is 11.8 Å². The number of hydrogen-bond acceptors (Lipinski definition) is 3. The van der Waals surface area contributed by atoms with Gasteiger partial charge < -0.3 is 5.73 Å². The van der Waals surface area contributed by atoms with Gasteiger partial charge in [-0.15, -0.1) is 0 Å². The number of anilines is 1. The van der Waals surface area contributed by atoms with Crippen LogP contribution in [0.25, 0.3) is 10.9 Å². The third kappa shape index (κ3) is 2.93. The first-order valence-corrected chi connectivity index (χ1v) is 7.59. The number of likely N-dealkylation sites (tertiary alicyclic amines) is 1. The Balaban J connectivity index is 1.80. The number of fused-ring (bicyclic) bond motifs is 1. The van der Waals surface area contributed by atoms with E-state index in [1.807, 2.05) is 30.3 Å². The fraction of sp³-hybridized carbons (Fsp3) is 0.471. The number of benzene rings is 1. The van der Waals surface area contributed by atoms with Crippen molar-refractivity contribution in [2.24, 2.45) is 5.92 Å². The molecular formula is C17H23N3. The highest BCUT2D eigenvalue weighted by Gasteiger charge is 2.14. The number of hydrogen-bond donors (Lipinski definition) is 1. The minimum absolute atomic E-state index is 0.841. The maximum atomic E-state index is 6.16. The second-order valence-corrected chi connectivity index (χ2v) is 6.03. The Hall–Kier alpha value is -1.61. The Morgan fingerprint density at radius 2 is 2.10 bits per heavy atom. The molecule has 1 aromatic heterocycles. The highest BCUT2D eigenvalue weighted by Crippen LogP contribution is 2.22. The van der Waals surface area contributed by atoms with Crippen molar-refractivity contribution < 1.29 is 0 Å². The molecule has 3 heteroatoms. The molecule has 1 saturated heterocycles. The quantitative estimate of drug-likeness (QED) is 0.908. The second-order valence-electron chi connectivity index (χ2n) is 6.03. The molecule has 0 bridgehead atoms. The predicted molar refractivity (Wildman–Crippen MR) is 84.4 cm³/mol. The minimum atomic E-state index is 0.841. The lowest BCUT2D eigenvalue weighted by atomic mass is 10.0. The Labute approximate surface area is 120 Å². The summed E-state index contributed by atoms with van der Waals surface area (Å²) in [4.78, 5) is 7.27. The van der Waals surface area contributed by atoms with Crippen LogP contribution in [-0.2, 0) is 6.54 Å². The summed E-state index contributed by atoms with van der Waals surface area (Å²) in [5.41, 5.74) is 9.10. The summed E-state index contributed by atoms with van der Waals surface area (Å²) in [6.45, 7) is 5.63. The van der Waals surface area contributed by atoms with Gasteiger partial charge in [-0.2, -0.15) is 0 Å². The van der Waals surface area contributed by atoms with Gasteiger partial charge in [0.2, 0.25) is 0 Å². The van der Waals surface area contributed by atoms with Crippen LogP contribution in [0.3, 0.4) is 0 Å². The average Bonchev–Trinajstić information content (AvgIpc) is 2.64. The molecule has 0 aliphatic carbocycles. The molecular weight excluding hydrogens is 246 g/mol. The maximum Gasteiger partial charge on any atom is 0.0726 e. The lowest BCUT2D eigenvalue weighted by Gasteiger charge is -2.20. The molecule has 1 aliphatic heterocycles. The van der Waals surface area contributed by atoms with E-state index in [-0.39, 0.29) is 0 Å². The molecule has 1 aromatic carbocycles. The van der Waals surface area contributed by atoms with Gasteiger partial charge in [0.1, 0.15) is 0 Å². The van der Waals surface area contributed by atoms with Crippen molar-refractivity contribution in [3.05, 3.63) is 36.0 Å². The van der Waals surface area contributed by atoms with Crippen LogP contribution in [0, 0.1) is 5.92 Å². The zero-order valence-corrected chi connectivity index (χ0v) is 12.2. The van der Waals surface area contributed by atoms with Crippen molar-refractivity contribution in [3.63, 3.8) is 0 Å². The van der Waals surface area contributed by atoms with Crippen LogP contribution in [0.2, 0.25) is 0 Å². The van der Waals surface area contributed by atoms with Gasteiger partial charge in [0.05, 0.1) is 11.2 Å². The van der Waals surface area contributed by atoms with Crippen molar-refractivity contribution >= 4 is 16.6 Å². The lowest BCUT2D eigenvalue weighted by Crippen LogP contribution is -2.24. The summed E-state index contributed by atoms with van der Waals surface area (Å²) in [5, 5.41) is 1.06. The van der Waals surface area contributed by atoms with E-state index in [1.165, 1.54) is 32.4 Å². The summed E-state index contributed by atoms with van der Waals surface area (Å²) in [6.07, 6.45) is 3.94. The molecule has 106 valence electrons. The van der Waals surface area contributed by atoms with Gasteiger partial charge in [0.25, 0.3) is 0 Å². The van der Waals surface area contributed by atoms with Crippen LogP contribution in [0.5, 0.6) is 0 Å². The van der Waals surface area contributed by atoms with Crippen molar-refractivity contribution in [2.45, 2.75) is 32.7 Å². The topological polar surface area (TPSA) is 42.1 Å². The van der Waals surface area contributed by atoms with Gasteiger partial charge in [0.15, 0.2) is 0 Å². The molecule has 20 heavy (non-hydrogen) atoms. The van der Waals surface area contributed by atoms with E-state index in [0.717, 1.165) is 34.7 Å². The summed E-state index contributed by atoms with van der Waals surface area (Å²) in [5.74, 6) is 0.856. The van der Waals surface area contributed by atoms with Crippen LogP contribution in [0.4, 0.5) is 5.69 Å². The van der Waals surface area contributed by atoms with Gasteiger partial charge >= 0.3 is 0 Å². The molecule has 0 saturated carbocycles. The molecule has 1 atom stereocenters. The number of para-hydroxylation sites is 1. The molecule has 2 heterocycles. The SMILES string of the molecule is CC1CCCN(Cc2cc(N)c3ccccc3n2)CC1. The highest BCUT2D eigenvalue weighted by atomic mass is 15.1. The smallest absolute Gasteiger partial charge is 0.0726 e. The summed E-state index contributed by atoms with van der Waals surface area (Å²) in [6, 6.07) is 10.1.